The maximum atomic E-state index is 11.9. The van der Waals surface area contributed by atoms with Gasteiger partial charge in [-0.25, -0.2) is 12.7 Å². The van der Waals surface area contributed by atoms with Crippen molar-refractivity contribution in [2.24, 2.45) is 5.92 Å². The summed E-state index contributed by atoms with van der Waals surface area (Å²) in [7, 11) is -1.58. The molecule has 0 saturated carbocycles. The summed E-state index contributed by atoms with van der Waals surface area (Å²) in [6.45, 7) is 1.63. The zero-order valence-electron chi connectivity index (χ0n) is 9.69. The molecule has 1 aliphatic heterocycles. The summed E-state index contributed by atoms with van der Waals surface area (Å²) in [6, 6.07) is 0. The fourth-order valence-electron chi connectivity index (χ4n) is 1.99. The standard InChI is InChI=1S/C10H20BrNO3S/c1-15-7-8-16(13,14)12-6-2-3-10(9-12)4-5-11/h10H,2-9H2,1H3. The Morgan fingerprint density at radius 2 is 2.25 bits per heavy atom. The van der Waals surface area contributed by atoms with E-state index in [-0.39, 0.29) is 12.4 Å². The summed E-state index contributed by atoms with van der Waals surface area (Å²) >= 11 is 3.41. The lowest BCUT2D eigenvalue weighted by atomic mass is 9.97. The molecule has 1 heterocycles. The van der Waals surface area contributed by atoms with E-state index in [1.54, 1.807) is 4.31 Å². The lowest BCUT2D eigenvalue weighted by molar-refractivity contribution is 0.212. The highest BCUT2D eigenvalue weighted by Crippen LogP contribution is 2.22. The summed E-state index contributed by atoms with van der Waals surface area (Å²) in [4.78, 5) is 0. The second kappa shape index (κ2) is 6.93. The van der Waals surface area contributed by atoms with E-state index < -0.39 is 10.0 Å². The molecule has 0 aromatic rings. The molecule has 1 unspecified atom stereocenters. The Bertz CT molecular complexity index is 292. The van der Waals surface area contributed by atoms with Crippen molar-refractivity contribution in [3.63, 3.8) is 0 Å². The van der Waals surface area contributed by atoms with Crippen LogP contribution in [0.3, 0.4) is 0 Å². The van der Waals surface area contributed by atoms with Crippen molar-refractivity contribution in [1.29, 1.82) is 0 Å². The topological polar surface area (TPSA) is 46.6 Å². The van der Waals surface area contributed by atoms with Gasteiger partial charge in [-0.15, -0.1) is 0 Å². The third-order valence-electron chi connectivity index (χ3n) is 2.94. The van der Waals surface area contributed by atoms with Gasteiger partial charge in [-0.2, -0.15) is 0 Å². The lowest BCUT2D eigenvalue weighted by Crippen LogP contribution is -2.41. The van der Waals surface area contributed by atoms with Crippen LogP contribution in [0.15, 0.2) is 0 Å². The Morgan fingerprint density at radius 3 is 2.88 bits per heavy atom. The highest BCUT2D eigenvalue weighted by molar-refractivity contribution is 9.09. The van der Waals surface area contributed by atoms with Crippen molar-refractivity contribution in [1.82, 2.24) is 4.31 Å². The highest BCUT2D eigenvalue weighted by Gasteiger charge is 2.27. The first-order valence-corrected chi connectivity index (χ1v) is 8.36. The minimum Gasteiger partial charge on any atom is -0.384 e. The summed E-state index contributed by atoms with van der Waals surface area (Å²) < 4.78 is 30.3. The minimum absolute atomic E-state index is 0.102. The van der Waals surface area contributed by atoms with Gasteiger partial charge in [0.1, 0.15) is 0 Å². The van der Waals surface area contributed by atoms with Crippen molar-refractivity contribution in [3.8, 4) is 0 Å². The number of hydrogen-bond donors (Lipinski definition) is 0. The van der Waals surface area contributed by atoms with Gasteiger partial charge in [-0.3, -0.25) is 0 Å². The molecule has 1 atom stereocenters. The molecule has 1 fully saturated rings. The average molecular weight is 314 g/mol. The van der Waals surface area contributed by atoms with Crippen LogP contribution >= 0.6 is 15.9 Å². The molecule has 16 heavy (non-hydrogen) atoms. The van der Waals surface area contributed by atoms with Crippen LogP contribution in [0.1, 0.15) is 19.3 Å². The van der Waals surface area contributed by atoms with Crippen molar-refractivity contribution in [2.45, 2.75) is 19.3 Å². The number of rotatable bonds is 6. The highest BCUT2D eigenvalue weighted by atomic mass is 79.9. The Labute approximate surface area is 107 Å². The lowest BCUT2D eigenvalue weighted by Gasteiger charge is -2.31. The summed E-state index contributed by atoms with van der Waals surface area (Å²) in [5.74, 6) is 0.607. The first-order chi connectivity index (χ1) is 7.60. The first-order valence-electron chi connectivity index (χ1n) is 5.63. The van der Waals surface area contributed by atoms with Crippen LogP contribution in [0, 0.1) is 5.92 Å². The fraction of sp³-hybridized carbons (Fsp3) is 1.00. The molecule has 0 aromatic carbocycles. The van der Waals surface area contributed by atoms with Crippen molar-refractivity contribution >= 4 is 26.0 Å². The van der Waals surface area contributed by atoms with E-state index in [9.17, 15) is 8.42 Å². The van der Waals surface area contributed by atoms with Crippen LogP contribution in [-0.2, 0) is 14.8 Å². The van der Waals surface area contributed by atoms with Gasteiger partial charge in [-0.1, -0.05) is 15.9 Å². The summed E-state index contributed by atoms with van der Waals surface area (Å²) in [5.41, 5.74) is 0. The smallest absolute Gasteiger partial charge is 0.216 e. The number of halogens is 1. The van der Waals surface area contributed by atoms with Gasteiger partial charge in [0.05, 0.1) is 12.4 Å². The molecule has 96 valence electrons. The van der Waals surface area contributed by atoms with E-state index in [0.717, 1.165) is 24.6 Å². The van der Waals surface area contributed by atoms with E-state index in [1.165, 1.54) is 7.11 Å². The Kier molecular flexibility index (Phi) is 6.25. The second-order valence-electron chi connectivity index (χ2n) is 4.15. The number of hydrogen-bond acceptors (Lipinski definition) is 3. The summed E-state index contributed by atoms with van der Waals surface area (Å²) in [6.07, 6.45) is 3.17. The van der Waals surface area contributed by atoms with Gasteiger partial charge >= 0.3 is 0 Å². The zero-order valence-corrected chi connectivity index (χ0v) is 12.1. The molecule has 4 nitrogen and oxygen atoms in total. The van der Waals surface area contributed by atoms with Gasteiger partial charge in [0, 0.05) is 25.5 Å². The number of sulfonamides is 1. The number of alkyl halides is 1. The monoisotopic (exact) mass is 313 g/mol. The molecule has 1 rings (SSSR count). The van der Waals surface area contributed by atoms with Crippen molar-refractivity contribution < 1.29 is 13.2 Å². The molecular formula is C10H20BrNO3S. The van der Waals surface area contributed by atoms with Gasteiger partial charge in [-0.05, 0) is 25.2 Å². The molecule has 0 aliphatic carbocycles. The molecule has 6 heteroatoms. The number of methoxy groups -OCH3 is 1. The van der Waals surface area contributed by atoms with Gasteiger partial charge in [0.25, 0.3) is 0 Å². The van der Waals surface area contributed by atoms with Crippen LogP contribution in [0.2, 0.25) is 0 Å². The maximum absolute atomic E-state index is 11.9. The number of ether oxygens (including phenoxy) is 1. The first kappa shape index (κ1) is 14.4. The average Bonchev–Trinajstić information content (AvgIpc) is 2.27. The van der Waals surface area contributed by atoms with Crippen molar-refractivity contribution in [2.75, 3.05) is 37.9 Å². The maximum Gasteiger partial charge on any atom is 0.216 e. The molecule has 1 aliphatic rings. The van der Waals surface area contributed by atoms with Crippen LogP contribution in [0.4, 0.5) is 0 Å². The van der Waals surface area contributed by atoms with Crippen LogP contribution < -0.4 is 0 Å². The van der Waals surface area contributed by atoms with E-state index >= 15 is 0 Å². The third kappa shape index (κ3) is 4.31. The van der Waals surface area contributed by atoms with Crippen LogP contribution in [0.25, 0.3) is 0 Å². The molecule has 0 radical (unpaired) electrons. The Morgan fingerprint density at radius 1 is 1.50 bits per heavy atom. The van der Waals surface area contributed by atoms with E-state index in [2.05, 4.69) is 15.9 Å². The number of nitrogens with zero attached hydrogens (tertiary/aromatic N) is 1. The summed E-state index contributed by atoms with van der Waals surface area (Å²) in [5, 5.41) is 0.948. The van der Waals surface area contributed by atoms with Gasteiger partial charge in [0.2, 0.25) is 10.0 Å². The predicted molar refractivity (Wildman–Crippen MR) is 68.4 cm³/mol. The van der Waals surface area contributed by atoms with E-state index in [0.29, 0.717) is 19.0 Å². The molecule has 0 N–H and O–H groups in total. The van der Waals surface area contributed by atoms with E-state index in [4.69, 9.17) is 4.74 Å². The molecule has 0 amide bonds. The SMILES string of the molecule is COCCS(=O)(=O)N1CCCC(CCBr)C1. The van der Waals surface area contributed by atoms with Gasteiger partial charge < -0.3 is 4.74 Å². The van der Waals surface area contributed by atoms with Gasteiger partial charge in [0.15, 0.2) is 0 Å². The molecular weight excluding hydrogens is 294 g/mol. The molecule has 1 saturated heterocycles. The third-order valence-corrected chi connectivity index (χ3v) is 5.20. The quantitative estimate of drug-likeness (QED) is 0.697. The minimum atomic E-state index is -3.10. The second-order valence-corrected chi connectivity index (χ2v) is 7.03. The Hall–Kier alpha value is 0.350. The molecule has 0 spiro atoms. The number of piperidine rings is 1. The molecule has 0 bridgehead atoms. The van der Waals surface area contributed by atoms with E-state index in [1.807, 2.05) is 0 Å². The molecule has 0 aromatic heterocycles. The fourth-order valence-corrected chi connectivity index (χ4v) is 4.12. The Balaban J connectivity index is 2.52. The zero-order chi connectivity index (χ0) is 12.0. The van der Waals surface area contributed by atoms with Crippen LogP contribution in [0.5, 0.6) is 0 Å². The predicted octanol–water partition coefficient (Wildman–Crippen LogP) is 1.46. The van der Waals surface area contributed by atoms with Crippen molar-refractivity contribution in [3.05, 3.63) is 0 Å². The van der Waals surface area contributed by atoms with Crippen LogP contribution in [-0.4, -0.2) is 50.6 Å². The normalized spacial score (nSPS) is 23.5. The largest absolute Gasteiger partial charge is 0.384 e.